The Labute approximate surface area is 113 Å². The molecule has 0 saturated carbocycles. The van der Waals surface area contributed by atoms with E-state index < -0.39 is 0 Å². The minimum Gasteiger partial charge on any atom is -0.106 e. The summed E-state index contributed by atoms with van der Waals surface area (Å²) in [5, 5.41) is 0. The molecule has 0 amide bonds. The van der Waals surface area contributed by atoms with Crippen molar-refractivity contribution in [3.05, 3.63) is 25.3 Å². The maximum Gasteiger partial charge on any atom is -0.0237 e. The number of allylic oxidation sites excluding steroid dienone is 1. The Balaban J connectivity index is -0.0000000448. The average Bonchev–Trinajstić information content (AvgIpc) is 2.44. The lowest BCUT2D eigenvalue weighted by Gasteiger charge is -2.08. The highest BCUT2D eigenvalue weighted by molar-refractivity contribution is 4.96. The first-order chi connectivity index (χ1) is 8.13. The predicted molar refractivity (Wildman–Crippen MR) is 88.8 cm³/mol. The second-order valence-electron chi connectivity index (χ2n) is 3.03. The summed E-state index contributed by atoms with van der Waals surface area (Å²) in [7, 11) is 0. The molecule has 0 rings (SSSR count). The molecule has 0 bridgehead atoms. The van der Waals surface area contributed by atoms with Gasteiger partial charge in [0.2, 0.25) is 0 Å². The van der Waals surface area contributed by atoms with E-state index in [0.29, 0.717) is 0 Å². The van der Waals surface area contributed by atoms with E-state index in [4.69, 9.17) is 0 Å². The van der Waals surface area contributed by atoms with Crippen LogP contribution in [0.3, 0.4) is 0 Å². The van der Waals surface area contributed by atoms with Crippen LogP contribution < -0.4 is 0 Å². The molecule has 0 heteroatoms. The largest absolute Gasteiger partial charge is 0.106 e. The fourth-order valence-electron chi connectivity index (χ4n) is 0.637. The summed E-state index contributed by atoms with van der Waals surface area (Å²) in [6.45, 7) is 28.8. The SMILES string of the molecule is C=C.C=C(CC)[C@H](C)CC.CC.CC.CCC. The van der Waals surface area contributed by atoms with Crippen LogP contribution in [0.25, 0.3) is 0 Å². The summed E-state index contributed by atoms with van der Waals surface area (Å²) in [4.78, 5) is 0. The molecule has 0 aromatic carbocycles. The van der Waals surface area contributed by atoms with Gasteiger partial charge in [0.25, 0.3) is 0 Å². The Morgan fingerprint density at radius 1 is 0.882 bits per heavy atom. The Morgan fingerprint density at radius 3 is 1.18 bits per heavy atom. The minimum absolute atomic E-state index is 0.722. The molecule has 0 fully saturated rings. The van der Waals surface area contributed by atoms with Gasteiger partial charge < -0.3 is 0 Å². The van der Waals surface area contributed by atoms with Gasteiger partial charge >= 0.3 is 0 Å². The molecule has 0 saturated heterocycles. The second-order valence-corrected chi connectivity index (χ2v) is 3.03. The van der Waals surface area contributed by atoms with Crippen molar-refractivity contribution in [1.29, 1.82) is 0 Å². The van der Waals surface area contributed by atoms with Gasteiger partial charge in [-0.3, -0.25) is 0 Å². The molecule has 0 aliphatic heterocycles. The van der Waals surface area contributed by atoms with Gasteiger partial charge in [-0.25, -0.2) is 0 Å². The smallest absolute Gasteiger partial charge is 0.0237 e. The number of hydrogen-bond donors (Lipinski definition) is 0. The molecule has 108 valence electrons. The van der Waals surface area contributed by atoms with Gasteiger partial charge in [-0.1, -0.05) is 80.9 Å². The van der Waals surface area contributed by atoms with Crippen molar-refractivity contribution in [2.24, 2.45) is 5.92 Å². The molecular formula is C17H40. The molecule has 0 aliphatic rings. The van der Waals surface area contributed by atoms with Gasteiger partial charge in [-0.2, -0.15) is 0 Å². The van der Waals surface area contributed by atoms with Crippen LogP contribution in [0.1, 0.15) is 81.6 Å². The summed E-state index contributed by atoms with van der Waals surface area (Å²) in [5.74, 6) is 0.722. The lowest BCUT2D eigenvalue weighted by Crippen LogP contribution is -1.93. The Bertz CT molecular complexity index is 92.2. The van der Waals surface area contributed by atoms with E-state index in [9.17, 15) is 0 Å². The summed E-state index contributed by atoms with van der Waals surface area (Å²) < 4.78 is 0. The minimum atomic E-state index is 0.722. The van der Waals surface area contributed by atoms with Crippen molar-refractivity contribution in [3.63, 3.8) is 0 Å². The van der Waals surface area contributed by atoms with Crippen LogP contribution in [0, 0.1) is 5.92 Å². The van der Waals surface area contributed by atoms with Crippen molar-refractivity contribution < 1.29 is 0 Å². The van der Waals surface area contributed by atoms with Crippen LogP contribution in [-0.4, -0.2) is 0 Å². The molecule has 0 radical (unpaired) electrons. The lowest BCUT2D eigenvalue weighted by atomic mass is 9.98. The highest BCUT2D eigenvalue weighted by atomic mass is 14.0. The molecule has 0 nitrogen and oxygen atoms in total. The van der Waals surface area contributed by atoms with Gasteiger partial charge in [-0.15, -0.1) is 13.2 Å². The molecule has 1 atom stereocenters. The average molecular weight is 245 g/mol. The molecule has 0 unspecified atom stereocenters. The van der Waals surface area contributed by atoms with Crippen LogP contribution in [0.2, 0.25) is 0 Å². The van der Waals surface area contributed by atoms with Gasteiger partial charge in [0, 0.05) is 0 Å². The van der Waals surface area contributed by atoms with E-state index in [1.54, 1.807) is 0 Å². The zero-order valence-electron chi connectivity index (χ0n) is 14.3. The zero-order chi connectivity index (χ0) is 15.3. The van der Waals surface area contributed by atoms with Crippen LogP contribution in [0.4, 0.5) is 0 Å². The molecule has 17 heavy (non-hydrogen) atoms. The summed E-state index contributed by atoms with van der Waals surface area (Å²) >= 11 is 0. The van der Waals surface area contributed by atoms with Crippen LogP contribution in [0.15, 0.2) is 25.3 Å². The van der Waals surface area contributed by atoms with Crippen LogP contribution in [0.5, 0.6) is 0 Å². The van der Waals surface area contributed by atoms with E-state index in [1.165, 1.54) is 18.4 Å². The molecular weight excluding hydrogens is 204 g/mol. The maximum absolute atomic E-state index is 3.94. The number of hydrogen-bond acceptors (Lipinski definition) is 0. The van der Waals surface area contributed by atoms with Gasteiger partial charge in [0.05, 0.1) is 0 Å². The summed E-state index contributed by atoms with van der Waals surface area (Å²) in [6.07, 6.45) is 3.61. The Morgan fingerprint density at radius 2 is 1.12 bits per heavy atom. The van der Waals surface area contributed by atoms with Crippen molar-refractivity contribution >= 4 is 0 Å². The van der Waals surface area contributed by atoms with E-state index >= 15 is 0 Å². The molecule has 0 spiro atoms. The molecule has 0 aliphatic carbocycles. The topological polar surface area (TPSA) is 0 Å². The third kappa shape index (κ3) is 50.3. The first kappa shape index (κ1) is 30.0. The van der Waals surface area contributed by atoms with E-state index in [1.807, 2.05) is 27.7 Å². The van der Waals surface area contributed by atoms with E-state index in [-0.39, 0.29) is 0 Å². The maximum atomic E-state index is 3.94. The summed E-state index contributed by atoms with van der Waals surface area (Å²) in [5.41, 5.74) is 1.38. The quantitative estimate of drug-likeness (QED) is 0.458. The van der Waals surface area contributed by atoms with Crippen molar-refractivity contribution in [2.45, 2.75) is 81.6 Å². The molecule has 0 heterocycles. The fraction of sp³-hybridized carbons (Fsp3) is 0.765. The predicted octanol–water partition coefficient (Wildman–Crippen LogP) is 7.27. The van der Waals surface area contributed by atoms with Crippen LogP contribution >= 0.6 is 0 Å². The standard InChI is InChI=1S/C8H16.C3H8.2C2H6.C2H4/c1-5-7(3)8(4)6-2;1-3-2;3*1-2/h8H,3,5-6H2,1-2,4H3;3H2,1-2H3;2*1-2H3;1-2H2/t8-;;;;/m1..../s1. The van der Waals surface area contributed by atoms with Gasteiger partial charge in [0.15, 0.2) is 0 Å². The first-order valence-electron chi connectivity index (χ1n) is 7.31. The molecule has 0 aromatic heterocycles. The first-order valence-corrected chi connectivity index (χ1v) is 7.31. The normalized spacial score (nSPS) is 8.29. The van der Waals surface area contributed by atoms with Crippen molar-refractivity contribution in [1.82, 2.24) is 0 Å². The van der Waals surface area contributed by atoms with Crippen molar-refractivity contribution in [2.75, 3.05) is 0 Å². The fourth-order valence-corrected chi connectivity index (χ4v) is 0.637. The monoisotopic (exact) mass is 244 g/mol. The third-order valence-electron chi connectivity index (χ3n) is 1.76. The second kappa shape index (κ2) is 45.1. The summed E-state index contributed by atoms with van der Waals surface area (Å²) in [6, 6.07) is 0. The molecule has 0 aromatic rings. The highest BCUT2D eigenvalue weighted by Gasteiger charge is 1.98. The Kier molecular flexibility index (Phi) is 79.6. The van der Waals surface area contributed by atoms with E-state index in [2.05, 4.69) is 54.4 Å². The number of rotatable bonds is 3. The molecule has 0 N–H and O–H groups in total. The highest BCUT2D eigenvalue weighted by Crippen LogP contribution is 2.13. The zero-order valence-corrected chi connectivity index (χ0v) is 14.3. The lowest BCUT2D eigenvalue weighted by molar-refractivity contribution is 0.636. The van der Waals surface area contributed by atoms with Crippen LogP contribution in [-0.2, 0) is 0 Å². The van der Waals surface area contributed by atoms with Gasteiger partial charge in [-0.05, 0) is 18.8 Å². The van der Waals surface area contributed by atoms with E-state index in [0.717, 1.165) is 12.3 Å². The Hall–Kier alpha value is -0.520. The van der Waals surface area contributed by atoms with Gasteiger partial charge in [0.1, 0.15) is 0 Å². The van der Waals surface area contributed by atoms with Crippen molar-refractivity contribution in [3.8, 4) is 0 Å². The third-order valence-corrected chi connectivity index (χ3v) is 1.76.